The van der Waals surface area contributed by atoms with Gasteiger partial charge in [0.1, 0.15) is 5.65 Å². The Morgan fingerprint density at radius 3 is 2.41 bits per heavy atom. The molecule has 0 aliphatic carbocycles. The summed E-state index contributed by atoms with van der Waals surface area (Å²) in [5.74, 6) is -1.10. The molecule has 6 nitrogen and oxygen atoms in total. The topological polar surface area (TPSA) is 73.1 Å². The molecule has 3 rings (SSSR count). The summed E-state index contributed by atoms with van der Waals surface area (Å²) in [6.45, 7) is 7.79. The van der Waals surface area contributed by atoms with Gasteiger partial charge in [-0.2, -0.15) is 0 Å². The van der Waals surface area contributed by atoms with Gasteiger partial charge in [0.2, 0.25) is 0 Å². The van der Waals surface area contributed by atoms with Gasteiger partial charge in [-0.05, 0) is 33.8 Å². The van der Waals surface area contributed by atoms with Gasteiger partial charge < -0.3 is 18.8 Å². The van der Waals surface area contributed by atoms with E-state index in [-0.39, 0.29) is 5.69 Å². The number of hydrogen-bond acceptors (Lipinski definition) is 4. The van der Waals surface area contributed by atoms with Crippen molar-refractivity contribution in [3.8, 4) is 0 Å². The number of aromatic nitrogens is 2. The Balaban J connectivity index is 2.13. The van der Waals surface area contributed by atoms with E-state index in [2.05, 4.69) is 4.98 Å². The molecular weight excluding hydrogens is 306 g/mol. The summed E-state index contributed by atoms with van der Waals surface area (Å²) in [6.07, 6.45) is 3.02. The molecule has 0 unspecified atom stereocenters. The third-order valence-electron chi connectivity index (χ3n) is 4.27. The molecule has 3 heterocycles. The summed E-state index contributed by atoms with van der Waals surface area (Å²) >= 11 is 6.13. The molecule has 1 aliphatic rings. The van der Waals surface area contributed by atoms with Gasteiger partial charge >= 0.3 is 13.1 Å². The number of aromatic carboxylic acids is 1. The molecule has 0 atom stereocenters. The SMILES string of the molecule is CC1(C)OB(c2cc(Cl)cn3cc(C(=O)O)nc23)OC1(C)C. The van der Waals surface area contributed by atoms with Gasteiger partial charge in [0, 0.05) is 17.9 Å². The van der Waals surface area contributed by atoms with Crippen molar-refractivity contribution in [1.82, 2.24) is 9.38 Å². The van der Waals surface area contributed by atoms with E-state index in [1.807, 2.05) is 27.7 Å². The smallest absolute Gasteiger partial charge is 0.476 e. The first kappa shape index (κ1) is 15.3. The normalized spacial score (nSPS) is 19.8. The zero-order valence-corrected chi connectivity index (χ0v) is 13.5. The minimum Gasteiger partial charge on any atom is -0.476 e. The van der Waals surface area contributed by atoms with Crippen LogP contribution in [-0.4, -0.2) is 38.8 Å². The van der Waals surface area contributed by atoms with Gasteiger partial charge in [-0.15, -0.1) is 0 Å². The molecule has 2 aromatic rings. The summed E-state index contributed by atoms with van der Waals surface area (Å²) in [6, 6.07) is 1.69. The number of pyridine rings is 1. The van der Waals surface area contributed by atoms with Crippen molar-refractivity contribution in [2.24, 2.45) is 0 Å². The molecule has 0 amide bonds. The van der Waals surface area contributed by atoms with Crippen molar-refractivity contribution in [2.75, 3.05) is 0 Å². The molecule has 1 saturated heterocycles. The Labute approximate surface area is 133 Å². The van der Waals surface area contributed by atoms with Crippen molar-refractivity contribution in [1.29, 1.82) is 0 Å². The van der Waals surface area contributed by atoms with Gasteiger partial charge in [0.05, 0.1) is 16.2 Å². The quantitative estimate of drug-likeness (QED) is 0.856. The average Bonchev–Trinajstić information content (AvgIpc) is 2.87. The highest BCUT2D eigenvalue weighted by atomic mass is 35.5. The van der Waals surface area contributed by atoms with E-state index in [0.717, 1.165) is 0 Å². The van der Waals surface area contributed by atoms with Gasteiger partial charge in [0.15, 0.2) is 5.69 Å². The number of carboxylic acid groups (broad SMARTS) is 1. The maximum atomic E-state index is 11.1. The Morgan fingerprint density at radius 2 is 1.86 bits per heavy atom. The standard InChI is InChI=1S/C14H16BClN2O4/c1-13(2)14(3,4)22-15(21-13)9-5-8(16)6-18-7-10(12(19)20)17-11(9)18/h5-7H,1-4H3,(H,19,20). The molecule has 0 radical (unpaired) electrons. The summed E-state index contributed by atoms with van der Waals surface area (Å²) in [5.41, 5.74) is 0.0114. The van der Waals surface area contributed by atoms with Crippen LogP contribution in [-0.2, 0) is 9.31 Å². The molecule has 1 fully saturated rings. The zero-order chi connectivity index (χ0) is 16.3. The molecule has 1 N–H and O–H groups in total. The minimum atomic E-state index is -1.10. The van der Waals surface area contributed by atoms with E-state index in [4.69, 9.17) is 26.0 Å². The Hall–Kier alpha value is -1.57. The Morgan fingerprint density at radius 1 is 1.27 bits per heavy atom. The van der Waals surface area contributed by atoms with Crippen LogP contribution >= 0.6 is 11.6 Å². The van der Waals surface area contributed by atoms with Crippen LogP contribution in [0.2, 0.25) is 5.02 Å². The summed E-state index contributed by atoms with van der Waals surface area (Å²) in [5, 5.41) is 9.56. The molecule has 22 heavy (non-hydrogen) atoms. The maximum Gasteiger partial charge on any atom is 0.498 e. The monoisotopic (exact) mass is 322 g/mol. The van der Waals surface area contributed by atoms with Crippen LogP contribution in [0.15, 0.2) is 18.5 Å². The second kappa shape index (κ2) is 4.71. The maximum absolute atomic E-state index is 11.1. The third-order valence-corrected chi connectivity index (χ3v) is 4.48. The fourth-order valence-corrected chi connectivity index (χ4v) is 2.56. The van der Waals surface area contributed by atoms with Crippen LogP contribution in [0.1, 0.15) is 38.2 Å². The second-order valence-corrected chi connectivity index (χ2v) is 6.80. The highest BCUT2D eigenvalue weighted by Crippen LogP contribution is 2.36. The van der Waals surface area contributed by atoms with Crippen molar-refractivity contribution < 1.29 is 19.2 Å². The number of rotatable bonds is 2. The number of halogens is 1. The largest absolute Gasteiger partial charge is 0.498 e. The summed E-state index contributed by atoms with van der Waals surface area (Å²) in [7, 11) is -0.657. The van der Waals surface area contributed by atoms with E-state index in [9.17, 15) is 4.79 Å². The average molecular weight is 323 g/mol. The predicted molar refractivity (Wildman–Crippen MR) is 82.9 cm³/mol. The van der Waals surface area contributed by atoms with Crippen molar-refractivity contribution >= 4 is 35.8 Å². The zero-order valence-electron chi connectivity index (χ0n) is 12.8. The van der Waals surface area contributed by atoms with Gasteiger partial charge in [-0.3, -0.25) is 0 Å². The van der Waals surface area contributed by atoms with E-state index in [0.29, 0.717) is 16.1 Å². The lowest BCUT2D eigenvalue weighted by Crippen LogP contribution is -2.41. The molecule has 0 spiro atoms. The van der Waals surface area contributed by atoms with Crippen LogP contribution in [0.3, 0.4) is 0 Å². The van der Waals surface area contributed by atoms with E-state index < -0.39 is 24.3 Å². The van der Waals surface area contributed by atoms with E-state index in [1.54, 1.807) is 16.7 Å². The van der Waals surface area contributed by atoms with Crippen molar-refractivity contribution in [3.63, 3.8) is 0 Å². The predicted octanol–water partition coefficient (Wildman–Crippen LogP) is 1.99. The number of nitrogens with zero attached hydrogens (tertiary/aromatic N) is 2. The third kappa shape index (κ3) is 2.29. The van der Waals surface area contributed by atoms with Crippen LogP contribution in [0.5, 0.6) is 0 Å². The molecule has 1 aliphatic heterocycles. The van der Waals surface area contributed by atoms with E-state index in [1.165, 1.54) is 6.20 Å². The fourth-order valence-electron chi connectivity index (χ4n) is 2.34. The lowest BCUT2D eigenvalue weighted by atomic mass is 9.79. The number of fused-ring (bicyclic) bond motifs is 1. The first-order valence-electron chi connectivity index (χ1n) is 6.88. The van der Waals surface area contributed by atoms with Crippen LogP contribution < -0.4 is 5.46 Å². The summed E-state index contributed by atoms with van der Waals surface area (Å²) < 4.78 is 13.6. The molecule has 0 aromatic carbocycles. The molecule has 0 saturated carbocycles. The fraction of sp³-hybridized carbons (Fsp3) is 0.429. The number of hydrogen-bond donors (Lipinski definition) is 1. The molecule has 116 valence electrons. The van der Waals surface area contributed by atoms with Crippen LogP contribution in [0.25, 0.3) is 5.65 Å². The number of carboxylic acids is 1. The lowest BCUT2D eigenvalue weighted by molar-refractivity contribution is 0.00578. The molecule has 0 bridgehead atoms. The highest BCUT2D eigenvalue weighted by molar-refractivity contribution is 6.64. The van der Waals surface area contributed by atoms with Crippen molar-refractivity contribution in [3.05, 3.63) is 29.2 Å². The van der Waals surface area contributed by atoms with Crippen LogP contribution in [0.4, 0.5) is 0 Å². The second-order valence-electron chi connectivity index (χ2n) is 6.36. The van der Waals surface area contributed by atoms with Gasteiger partial charge in [-0.1, -0.05) is 11.6 Å². The molecule has 2 aromatic heterocycles. The lowest BCUT2D eigenvalue weighted by Gasteiger charge is -2.32. The minimum absolute atomic E-state index is 0.0555. The van der Waals surface area contributed by atoms with Gasteiger partial charge in [0.25, 0.3) is 0 Å². The first-order chi connectivity index (χ1) is 10.1. The summed E-state index contributed by atoms with van der Waals surface area (Å²) in [4.78, 5) is 15.3. The Bertz CT molecular complexity index is 756. The highest BCUT2D eigenvalue weighted by Gasteiger charge is 2.52. The van der Waals surface area contributed by atoms with Crippen LogP contribution in [0, 0.1) is 0 Å². The number of carbonyl (C=O) groups is 1. The van der Waals surface area contributed by atoms with E-state index >= 15 is 0 Å². The first-order valence-corrected chi connectivity index (χ1v) is 7.25. The molecular formula is C14H16BClN2O4. The van der Waals surface area contributed by atoms with Gasteiger partial charge in [-0.25, -0.2) is 9.78 Å². The number of imidazole rings is 1. The van der Waals surface area contributed by atoms with Crippen molar-refractivity contribution in [2.45, 2.75) is 38.9 Å². The Kier molecular flexibility index (Phi) is 3.29. The molecule has 8 heteroatoms.